The van der Waals surface area contributed by atoms with Crippen molar-refractivity contribution in [3.05, 3.63) is 23.4 Å². The lowest BCUT2D eigenvalue weighted by Gasteiger charge is -2.33. The summed E-state index contributed by atoms with van der Waals surface area (Å²) in [6, 6.07) is 4.09. The second-order valence-electron chi connectivity index (χ2n) is 6.42. The van der Waals surface area contributed by atoms with Crippen molar-refractivity contribution in [1.29, 1.82) is 0 Å². The van der Waals surface area contributed by atoms with Gasteiger partial charge in [0.15, 0.2) is 11.5 Å². The molecule has 2 aliphatic rings. The Balaban J connectivity index is 1.97. The van der Waals surface area contributed by atoms with Gasteiger partial charge in [-0.15, -0.1) is 0 Å². The van der Waals surface area contributed by atoms with Gasteiger partial charge in [0, 0.05) is 30.2 Å². The number of aryl methyl sites for hydroxylation is 1. The van der Waals surface area contributed by atoms with E-state index in [4.69, 9.17) is 19.2 Å². The van der Waals surface area contributed by atoms with E-state index in [9.17, 15) is 0 Å². The molecule has 0 radical (unpaired) electrons. The first-order valence-corrected chi connectivity index (χ1v) is 8.72. The normalized spacial score (nSPS) is 17.7. The third-order valence-corrected chi connectivity index (χ3v) is 5.06. The van der Waals surface area contributed by atoms with Crippen LogP contribution in [0.15, 0.2) is 12.1 Å². The quantitative estimate of drug-likeness (QED) is 0.867. The van der Waals surface area contributed by atoms with Crippen LogP contribution in [0, 0.1) is 0 Å². The number of fused-ring (bicyclic) bond motifs is 2. The van der Waals surface area contributed by atoms with Crippen molar-refractivity contribution >= 4 is 16.6 Å². The van der Waals surface area contributed by atoms with Crippen LogP contribution in [0.4, 0.5) is 5.69 Å². The predicted molar refractivity (Wildman–Crippen MR) is 94.5 cm³/mol. The molecule has 0 atom stereocenters. The molecule has 0 saturated carbocycles. The van der Waals surface area contributed by atoms with E-state index >= 15 is 0 Å². The van der Waals surface area contributed by atoms with Crippen LogP contribution in [0.5, 0.6) is 11.5 Å². The van der Waals surface area contributed by atoms with Gasteiger partial charge in [-0.05, 0) is 37.3 Å². The number of benzene rings is 1. The molecule has 0 unspecified atom stereocenters. The Morgan fingerprint density at radius 1 is 1.00 bits per heavy atom. The highest BCUT2D eigenvalue weighted by molar-refractivity contribution is 5.96. The summed E-state index contributed by atoms with van der Waals surface area (Å²) in [5.74, 6) is 1.50. The van der Waals surface area contributed by atoms with Crippen molar-refractivity contribution in [3.63, 3.8) is 0 Å². The maximum absolute atomic E-state index is 5.56. The van der Waals surface area contributed by atoms with Crippen molar-refractivity contribution in [2.45, 2.75) is 25.7 Å². The molecule has 0 N–H and O–H groups in total. The molecular weight excluding hydrogens is 304 g/mol. The molecule has 1 fully saturated rings. The van der Waals surface area contributed by atoms with Gasteiger partial charge in [0.25, 0.3) is 0 Å². The van der Waals surface area contributed by atoms with Crippen molar-refractivity contribution < 1.29 is 14.2 Å². The Kier molecular flexibility index (Phi) is 4.19. The smallest absolute Gasteiger partial charge is 0.162 e. The minimum Gasteiger partial charge on any atom is -0.493 e. The molecule has 1 aliphatic carbocycles. The van der Waals surface area contributed by atoms with Gasteiger partial charge < -0.3 is 19.1 Å². The fourth-order valence-electron chi connectivity index (χ4n) is 3.87. The Morgan fingerprint density at radius 2 is 1.71 bits per heavy atom. The molecular formula is C19H24N2O3. The molecule has 5 nitrogen and oxygen atoms in total. The highest BCUT2D eigenvalue weighted by Gasteiger charge is 2.24. The zero-order valence-corrected chi connectivity index (χ0v) is 14.4. The van der Waals surface area contributed by atoms with Gasteiger partial charge in [-0.2, -0.15) is 0 Å². The van der Waals surface area contributed by atoms with E-state index < -0.39 is 0 Å². The predicted octanol–water partition coefficient (Wildman–Crippen LogP) is 2.97. The van der Waals surface area contributed by atoms with Gasteiger partial charge in [0.05, 0.1) is 38.6 Å². The minimum atomic E-state index is 0.737. The van der Waals surface area contributed by atoms with Crippen molar-refractivity contribution in [2.75, 3.05) is 45.4 Å². The average Bonchev–Trinajstić information content (AvgIpc) is 2.65. The third kappa shape index (κ3) is 2.57. The molecule has 5 heteroatoms. The van der Waals surface area contributed by atoms with Crippen LogP contribution < -0.4 is 14.4 Å². The van der Waals surface area contributed by atoms with Crippen LogP contribution in [-0.2, 0) is 17.6 Å². The monoisotopic (exact) mass is 328 g/mol. The van der Waals surface area contributed by atoms with E-state index in [0.717, 1.165) is 61.5 Å². The van der Waals surface area contributed by atoms with Crippen LogP contribution in [0.25, 0.3) is 10.9 Å². The van der Waals surface area contributed by atoms with E-state index in [2.05, 4.69) is 11.0 Å². The average molecular weight is 328 g/mol. The van der Waals surface area contributed by atoms with Crippen LogP contribution >= 0.6 is 0 Å². The van der Waals surface area contributed by atoms with E-state index in [0.29, 0.717) is 0 Å². The summed E-state index contributed by atoms with van der Waals surface area (Å²) in [6.45, 7) is 3.43. The van der Waals surface area contributed by atoms with E-state index in [1.54, 1.807) is 14.2 Å². The number of ether oxygens (including phenoxy) is 3. The molecule has 0 bridgehead atoms. The van der Waals surface area contributed by atoms with Crippen molar-refractivity contribution in [1.82, 2.24) is 4.98 Å². The SMILES string of the molecule is COc1cc2nc3c(c(N4CCOCC4)c2cc1OC)CCCC3. The first-order chi connectivity index (χ1) is 11.8. The zero-order chi connectivity index (χ0) is 16.5. The Labute approximate surface area is 142 Å². The molecule has 4 rings (SSSR count). The number of aromatic nitrogens is 1. The number of methoxy groups -OCH3 is 2. The van der Waals surface area contributed by atoms with Gasteiger partial charge in [-0.25, -0.2) is 0 Å². The topological polar surface area (TPSA) is 43.8 Å². The maximum atomic E-state index is 5.56. The molecule has 1 aliphatic heterocycles. The molecule has 0 spiro atoms. The van der Waals surface area contributed by atoms with Gasteiger partial charge in [-0.3, -0.25) is 4.98 Å². The first kappa shape index (κ1) is 15.5. The number of morpholine rings is 1. The summed E-state index contributed by atoms with van der Waals surface area (Å²) in [5, 5.41) is 1.16. The van der Waals surface area contributed by atoms with E-state index in [1.165, 1.54) is 29.8 Å². The lowest BCUT2D eigenvalue weighted by Crippen LogP contribution is -2.37. The van der Waals surface area contributed by atoms with Crippen LogP contribution in [0.2, 0.25) is 0 Å². The zero-order valence-electron chi connectivity index (χ0n) is 14.4. The molecule has 2 aromatic rings. The van der Waals surface area contributed by atoms with Crippen molar-refractivity contribution in [2.24, 2.45) is 0 Å². The number of hydrogen-bond donors (Lipinski definition) is 0. The number of rotatable bonds is 3. The lowest BCUT2D eigenvalue weighted by molar-refractivity contribution is 0.122. The minimum absolute atomic E-state index is 0.737. The van der Waals surface area contributed by atoms with E-state index in [-0.39, 0.29) is 0 Å². The molecule has 24 heavy (non-hydrogen) atoms. The third-order valence-electron chi connectivity index (χ3n) is 5.06. The second-order valence-corrected chi connectivity index (χ2v) is 6.42. The Hall–Kier alpha value is -2.01. The van der Waals surface area contributed by atoms with Gasteiger partial charge in [0.1, 0.15) is 0 Å². The number of pyridine rings is 1. The molecule has 2 heterocycles. The summed E-state index contributed by atoms with van der Waals surface area (Å²) >= 11 is 0. The highest BCUT2D eigenvalue weighted by Crippen LogP contribution is 2.40. The summed E-state index contributed by atoms with van der Waals surface area (Å²) < 4.78 is 16.6. The van der Waals surface area contributed by atoms with Gasteiger partial charge >= 0.3 is 0 Å². The highest BCUT2D eigenvalue weighted by atomic mass is 16.5. The summed E-state index contributed by atoms with van der Waals surface area (Å²) in [4.78, 5) is 7.42. The molecule has 0 amide bonds. The standard InChI is InChI=1S/C19H24N2O3/c1-22-17-11-14-16(12-18(17)23-2)20-15-6-4-3-5-13(15)19(14)21-7-9-24-10-8-21/h11-12H,3-10H2,1-2H3. The lowest BCUT2D eigenvalue weighted by atomic mass is 9.92. The number of anilines is 1. The summed E-state index contributed by atoms with van der Waals surface area (Å²) in [7, 11) is 3.36. The first-order valence-electron chi connectivity index (χ1n) is 8.72. The summed E-state index contributed by atoms with van der Waals surface area (Å²) in [6.07, 6.45) is 4.64. The Bertz CT molecular complexity index is 749. The van der Waals surface area contributed by atoms with Gasteiger partial charge in [0.2, 0.25) is 0 Å². The van der Waals surface area contributed by atoms with Crippen LogP contribution in [0.1, 0.15) is 24.1 Å². The van der Waals surface area contributed by atoms with Gasteiger partial charge in [-0.1, -0.05) is 0 Å². The van der Waals surface area contributed by atoms with Crippen LogP contribution in [0.3, 0.4) is 0 Å². The second kappa shape index (κ2) is 6.48. The Morgan fingerprint density at radius 3 is 2.46 bits per heavy atom. The maximum Gasteiger partial charge on any atom is 0.162 e. The molecule has 128 valence electrons. The fourth-order valence-corrected chi connectivity index (χ4v) is 3.87. The van der Waals surface area contributed by atoms with Crippen LogP contribution in [-0.4, -0.2) is 45.5 Å². The number of hydrogen-bond acceptors (Lipinski definition) is 5. The molecule has 1 aromatic carbocycles. The summed E-state index contributed by atoms with van der Waals surface area (Å²) in [5.41, 5.74) is 5.00. The number of nitrogens with zero attached hydrogens (tertiary/aromatic N) is 2. The molecule has 1 aromatic heterocycles. The van der Waals surface area contributed by atoms with E-state index in [1.807, 2.05) is 6.07 Å². The largest absolute Gasteiger partial charge is 0.493 e. The molecule has 1 saturated heterocycles. The fraction of sp³-hybridized carbons (Fsp3) is 0.526. The van der Waals surface area contributed by atoms with Crippen molar-refractivity contribution in [3.8, 4) is 11.5 Å².